The van der Waals surface area contributed by atoms with E-state index in [0.717, 1.165) is 12.0 Å². The molecule has 144 valence electrons. The Labute approximate surface area is 165 Å². The van der Waals surface area contributed by atoms with Crippen LogP contribution >= 0.6 is 0 Å². The van der Waals surface area contributed by atoms with Crippen molar-refractivity contribution in [2.24, 2.45) is 0 Å². The molecule has 1 amide bonds. The quantitative estimate of drug-likeness (QED) is 0.652. The number of nitrogens with one attached hydrogen (secondary N) is 2. The maximum absolute atomic E-state index is 12.7. The van der Waals surface area contributed by atoms with E-state index in [-0.39, 0.29) is 5.91 Å². The molecule has 6 heteroatoms. The molecule has 0 spiro atoms. The molecule has 0 saturated carbocycles. The van der Waals surface area contributed by atoms with Crippen molar-refractivity contribution in [3.8, 4) is 5.75 Å². The number of aryl methyl sites for hydroxylation is 2. The van der Waals surface area contributed by atoms with Gasteiger partial charge in [0, 0.05) is 12.6 Å². The zero-order valence-electron chi connectivity index (χ0n) is 16.3. The summed E-state index contributed by atoms with van der Waals surface area (Å²) in [6, 6.07) is 17.5. The molecule has 0 atom stereocenters. The monoisotopic (exact) mass is 376 g/mol. The summed E-state index contributed by atoms with van der Waals surface area (Å²) >= 11 is 0. The normalized spacial score (nSPS) is 10.4. The molecule has 0 bridgehead atoms. The highest BCUT2D eigenvalue weighted by Crippen LogP contribution is 2.25. The number of benzene rings is 2. The van der Waals surface area contributed by atoms with E-state index in [4.69, 9.17) is 4.74 Å². The number of anilines is 2. The summed E-state index contributed by atoms with van der Waals surface area (Å²) in [5.41, 5.74) is 3.18. The van der Waals surface area contributed by atoms with Gasteiger partial charge in [-0.05, 0) is 43.5 Å². The van der Waals surface area contributed by atoms with Gasteiger partial charge in [0.2, 0.25) is 0 Å². The van der Waals surface area contributed by atoms with Crippen LogP contribution in [0.1, 0.15) is 27.4 Å². The number of aromatic nitrogens is 2. The fourth-order valence-corrected chi connectivity index (χ4v) is 2.86. The minimum absolute atomic E-state index is 0.304. The molecule has 0 saturated heterocycles. The number of ether oxygens (including phenoxy) is 1. The second-order valence-electron chi connectivity index (χ2n) is 6.51. The molecule has 28 heavy (non-hydrogen) atoms. The van der Waals surface area contributed by atoms with Crippen molar-refractivity contribution in [3.05, 3.63) is 77.2 Å². The molecule has 0 aliphatic carbocycles. The Morgan fingerprint density at radius 3 is 2.57 bits per heavy atom. The topological polar surface area (TPSA) is 76.1 Å². The van der Waals surface area contributed by atoms with E-state index in [1.165, 1.54) is 5.56 Å². The van der Waals surface area contributed by atoms with Gasteiger partial charge in [-0.1, -0.05) is 36.4 Å². The van der Waals surface area contributed by atoms with Crippen LogP contribution in [0.25, 0.3) is 0 Å². The van der Waals surface area contributed by atoms with E-state index >= 15 is 0 Å². The van der Waals surface area contributed by atoms with E-state index in [9.17, 15) is 4.79 Å². The van der Waals surface area contributed by atoms with Gasteiger partial charge in [0.25, 0.3) is 5.91 Å². The highest BCUT2D eigenvalue weighted by atomic mass is 16.5. The summed E-state index contributed by atoms with van der Waals surface area (Å²) in [5.74, 6) is 1.46. The van der Waals surface area contributed by atoms with Crippen molar-refractivity contribution in [2.45, 2.75) is 20.3 Å². The van der Waals surface area contributed by atoms with Crippen LogP contribution in [0.5, 0.6) is 5.75 Å². The molecule has 1 aromatic heterocycles. The number of nitrogens with zero attached hydrogens (tertiary/aromatic N) is 2. The number of carbonyl (C=O) groups excluding carboxylic acids is 1. The van der Waals surface area contributed by atoms with E-state index in [0.29, 0.717) is 35.3 Å². The molecule has 6 nitrogen and oxygen atoms in total. The first-order valence-electron chi connectivity index (χ1n) is 9.14. The third-order valence-corrected chi connectivity index (χ3v) is 4.24. The van der Waals surface area contributed by atoms with Crippen LogP contribution in [0.15, 0.2) is 54.6 Å². The first kappa shape index (κ1) is 19.4. The predicted molar refractivity (Wildman–Crippen MR) is 111 cm³/mol. The van der Waals surface area contributed by atoms with Gasteiger partial charge in [0.1, 0.15) is 23.1 Å². The molecule has 2 aromatic carbocycles. The lowest BCUT2D eigenvalue weighted by Crippen LogP contribution is -2.17. The SMILES string of the molecule is COc1ccc(C)cc1NC(=O)c1cc(NCCc2ccccc2)nc(C)n1. The molecule has 0 radical (unpaired) electrons. The van der Waals surface area contributed by atoms with Crippen molar-refractivity contribution in [1.82, 2.24) is 9.97 Å². The highest BCUT2D eigenvalue weighted by Gasteiger charge is 2.13. The first-order chi connectivity index (χ1) is 13.5. The molecule has 0 fully saturated rings. The van der Waals surface area contributed by atoms with Crippen LogP contribution in [0.2, 0.25) is 0 Å². The van der Waals surface area contributed by atoms with Gasteiger partial charge in [-0.2, -0.15) is 0 Å². The number of carbonyl (C=O) groups is 1. The van der Waals surface area contributed by atoms with Crippen molar-refractivity contribution >= 4 is 17.4 Å². The minimum atomic E-state index is -0.305. The minimum Gasteiger partial charge on any atom is -0.495 e. The fraction of sp³-hybridized carbons (Fsp3) is 0.227. The molecular formula is C22H24N4O2. The smallest absolute Gasteiger partial charge is 0.274 e. The number of rotatable bonds is 7. The van der Waals surface area contributed by atoms with Crippen molar-refractivity contribution in [1.29, 1.82) is 0 Å². The lowest BCUT2D eigenvalue weighted by molar-refractivity contribution is 0.102. The fourth-order valence-electron chi connectivity index (χ4n) is 2.86. The molecule has 3 rings (SSSR count). The van der Waals surface area contributed by atoms with E-state index in [1.807, 2.05) is 43.3 Å². The maximum atomic E-state index is 12.7. The maximum Gasteiger partial charge on any atom is 0.274 e. The van der Waals surface area contributed by atoms with Gasteiger partial charge >= 0.3 is 0 Å². The van der Waals surface area contributed by atoms with Gasteiger partial charge in [-0.25, -0.2) is 9.97 Å². The van der Waals surface area contributed by atoms with Crippen LogP contribution < -0.4 is 15.4 Å². The third kappa shape index (κ3) is 5.07. The van der Waals surface area contributed by atoms with Gasteiger partial charge in [-0.3, -0.25) is 4.79 Å². The van der Waals surface area contributed by atoms with Gasteiger partial charge < -0.3 is 15.4 Å². The molecule has 0 unspecified atom stereocenters. The number of hydrogen-bond donors (Lipinski definition) is 2. The second kappa shape index (κ2) is 8.99. The van der Waals surface area contributed by atoms with Gasteiger partial charge in [0.05, 0.1) is 12.8 Å². The summed E-state index contributed by atoms with van der Waals surface area (Å²) in [6.45, 7) is 4.44. The van der Waals surface area contributed by atoms with Crippen LogP contribution in [-0.4, -0.2) is 29.5 Å². The summed E-state index contributed by atoms with van der Waals surface area (Å²) in [4.78, 5) is 21.4. The third-order valence-electron chi connectivity index (χ3n) is 4.24. The number of hydrogen-bond acceptors (Lipinski definition) is 5. The zero-order valence-corrected chi connectivity index (χ0v) is 16.3. The molecule has 2 N–H and O–H groups in total. The largest absolute Gasteiger partial charge is 0.495 e. The van der Waals surface area contributed by atoms with Crippen molar-refractivity contribution in [2.75, 3.05) is 24.3 Å². The Morgan fingerprint density at radius 1 is 1.04 bits per heavy atom. The van der Waals surface area contributed by atoms with Crippen LogP contribution in [0, 0.1) is 13.8 Å². The number of methoxy groups -OCH3 is 1. The Kier molecular flexibility index (Phi) is 6.22. The van der Waals surface area contributed by atoms with E-state index in [2.05, 4.69) is 32.7 Å². The van der Waals surface area contributed by atoms with Crippen LogP contribution in [0.4, 0.5) is 11.5 Å². The molecule has 3 aromatic rings. The molecule has 1 heterocycles. The Hall–Kier alpha value is -3.41. The average molecular weight is 376 g/mol. The van der Waals surface area contributed by atoms with Crippen molar-refractivity contribution < 1.29 is 9.53 Å². The average Bonchev–Trinajstić information content (AvgIpc) is 2.68. The lowest BCUT2D eigenvalue weighted by atomic mass is 10.1. The summed E-state index contributed by atoms with van der Waals surface area (Å²) in [7, 11) is 1.57. The Bertz CT molecular complexity index is 958. The van der Waals surface area contributed by atoms with E-state index < -0.39 is 0 Å². The molecule has 0 aliphatic rings. The first-order valence-corrected chi connectivity index (χ1v) is 9.14. The molecule has 0 aliphatic heterocycles. The lowest BCUT2D eigenvalue weighted by Gasteiger charge is -2.12. The highest BCUT2D eigenvalue weighted by molar-refractivity contribution is 6.04. The Balaban J connectivity index is 1.70. The Morgan fingerprint density at radius 2 is 1.82 bits per heavy atom. The van der Waals surface area contributed by atoms with Crippen LogP contribution in [0.3, 0.4) is 0 Å². The van der Waals surface area contributed by atoms with Gasteiger partial charge in [-0.15, -0.1) is 0 Å². The summed E-state index contributed by atoms with van der Waals surface area (Å²) < 4.78 is 5.32. The van der Waals surface area contributed by atoms with E-state index in [1.54, 1.807) is 20.1 Å². The summed E-state index contributed by atoms with van der Waals surface area (Å²) in [6.07, 6.45) is 0.867. The predicted octanol–water partition coefficient (Wildman–Crippen LogP) is 4.01. The second-order valence-corrected chi connectivity index (χ2v) is 6.51. The van der Waals surface area contributed by atoms with Crippen molar-refractivity contribution in [3.63, 3.8) is 0 Å². The standard InChI is InChI=1S/C22H24N4O2/c1-15-9-10-20(28-3)18(13-15)26-22(27)19-14-21(25-16(2)24-19)23-12-11-17-7-5-4-6-8-17/h4-10,13-14H,11-12H2,1-3H3,(H,26,27)(H,23,24,25). The summed E-state index contributed by atoms with van der Waals surface area (Å²) in [5, 5.41) is 6.14. The number of amides is 1. The zero-order chi connectivity index (χ0) is 19.9. The molecular weight excluding hydrogens is 352 g/mol. The van der Waals surface area contributed by atoms with Crippen LogP contribution in [-0.2, 0) is 6.42 Å². The van der Waals surface area contributed by atoms with Gasteiger partial charge in [0.15, 0.2) is 0 Å².